The van der Waals surface area contributed by atoms with Crippen molar-refractivity contribution >= 4 is 11.6 Å². The van der Waals surface area contributed by atoms with E-state index in [0.717, 1.165) is 39.8 Å². The molecular weight excluding hydrogens is 372 g/mol. The number of fused-ring (bicyclic) bond motifs is 2. The molecule has 0 radical (unpaired) electrons. The van der Waals surface area contributed by atoms with Gasteiger partial charge in [0, 0.05) is 16.5 Å². The third kappa shape index (κ3) is 2.82. The molecule has 0 amide bonds. The Labute approximate surface area is 169 Å². The van der Waals surface area contributed by atoms with E-state index >= 15 is 0 Å². The van der Waals surface area contributed by atoms with Gasteiger partial charge in [-0.25, -0.2) is 0 Å². The number of hydrogen-bond acceptors (Lipinski definition) is 3. The zero-order valence-electron chi connectivity index (χ0n) is 15.9. The van der Waals surface area contributed by atoms with E-state index in [2.05, 4.69) is 49.4 Å². The van der Waals surface area contributed by atoms with Crippen molar-refractivity contribution in [2.75, 3.05) is 6.79 Å². The summed E-state index contributed by atoms with van der Waals surface area (Å²) in [5, 5.41) is 0.811. The van der Waals surface area contributed by atoms with Crippen molar-refractivity contribution < 1.29 is 14.2 Å². The molecule has 142 valence electrons. The van der Waals surface area contributed by atoms with E-state index in [0.29, 0.717) is 0 Å². The summed E-state index contributed by atoms with van der Waals surface area (Å²) in [5.74, 6) is 2.69. The summed E-state index contributed by atoms with van der Waals surface area (Å²) in [6, 6.07) is 18.7. The number of ether oxygens (including phenoxy) is 3. The predicted molar refractivity (Wildman–Crippen MR) is 110 cm³/mol. The summed E-state index contributed by atoms with van der Waals surface area (Å²) in [6.45, 7) is 4.39. The molecule has 0 spiro atoms. The van der Waals surface area contributed by atoms with Gasteiger partial charge in [0.25, 0.3) is 0 Å². The highest BCUT2D eigenvalue weighted by Crippen LogP contribution is 2.50. The van der Waals surface area contributed by atoms with Gasteiger partial charge in [-0.15, -0.1) is 0 Å². The smallest absolute Gasteiger partial charge is 0.231 e. The molecule has 0 N–H and O–H groups in total. The summed E-state index contributed by atoms with van der Waals surface area (Å²) in [7, 11) is 0. The van der Waals surface area contributed by atoms with E-state index in [1.165, 1.54) is 16.7 Å². The van der Waals surface area contributed by atoms with E-state index in [-0.39, 0.29) is 18.8 Å². The quantitative estimate of drug-likeness (QED) is 0.509. The lowest BCUT2D eigenvalue weighted by molar-refractivity contribution is 0.166. The normalized spacial score (nSPS) is 19.8. The molecule has 3 nitrogen and oxygen atoms in total. The second-order valence-corrected chi connectivity index (χ2v) is 7.84. The largest absolute Gasteiger partial charge is 0.485 e. The van der Waals surface area contributed by atoms with Crippen molar-refractivity contribution in [2.24, 2.45) is 0 Å². The van der Waals surface area contributed by atoms with Gasteiger partial charge in [-0.1, -0.05) is 48.0 Å². The second kappa shape index (κ2) is 6.75. The van der Waals surface area contributed by atoms with Crippen LogP contribution in [0.2, 0.25) is 5.02 Å². The van der Waals surface area contributed by atoms with E-state index < -0.39 is 0 Å². The third-order valence-electron chi connectivity index (χ3n) is 5.73. The summed E-state index contributed by atoms with van der Waals surface area (Å²) in [4.78, 5) is 0. The number of rotatable bonds is 2. The average molecular weight is 393 g/mol. The monoisotopic (exact) mass is 392 g/mol. The number of aryl methyl sites for hydroxylation is 1. The first kappa shape index (κ1) is 17.4. The van der Waals surface area contributed by atoms with E-state index in [9.17, 15) is 0 Å². The van der Waals surface area contributed by atoms with Crippen molar-refractivity contribution in [2.45, 2.75) is 32.3 Å². The Morgan fingerprint density at radius 2 is 1.64 bits per heavy atom. The van der Waals surface area contributed by atoms with Crippen LogP contribution in [0.15, 0.2) is 54.6 Å². The summed E-state index contributed by atoms with van der Waals surface area (Å²) in [5.41, 5.74) is 5.67. The first-order valence-electron chi connectivity index (χ1n) is 9.52. The minimum absolute atomic E-state index is 0.0101. The molecule has 3 aromatic carbocycles. The zero-order chi connectivity index (χ0) is 19.3. The highest BCUT2D eigenvalue weighted by molar-refractivity contribution is 6.32. The Hall–Kier alpha value is -2.65. The highest BCUT2D eigenvalue weighted by atomic mass is 35.5. The molecule has 0 fully saturated rings. The van der Waals surface area contributed by atoms with E-state index in [1.54, 1.807) is 0 Å². The van der Waals surface area contributed by atoms with Crippen molar-refractivity contribution in [3.05, 3.63) is 87.4 Å². The molecule has 0 bridgehead atoms. The Kier molecular flexibility index (Phi) is 4.21. The van der Waals surface area contributed by atoms with Gasteiger partial charge in [0.2, 0.25) is 6.79 Å². The van der Waals surface area contributed by atoms with Gasteiger partial charge >= 0.3 is 0 Å². The van der Waals surface area contributed by atoms with Gasteiger partial charge in [-0.2, -0.15) is 0 Å². The predicted octanol–water partition coefficient (Wildman–Crippen LogP) is 6.34. The number of hydrogen-bond donors (Lipinski definition) is 0. The fourth-order valence-corrected chi connectivity index (χ4v) is 4.46. The van der Waals surface area contributed by atoms with Crippen LogP contribution in [0.4, 0.5) is 0 Å². The van der Waals surface area contributed by atoms with Crippen LogP contribution in [0, 0.1) is 13.8 Å². The number of benzene rings is 3. The SMILES string of the molecule is Cc1cc2c(c(C)c1Cl)C(c1ccc3c(c1)OCO3)CC(c1ccccc1)O2. The first-order valence-corrected chi connectivity index (χ1v) is 9.90. The van der Waals surface area contributed by atoms with Crippen LogP contribution in [0.3, 0.4) is 0 Å². The second-order valence-electron chi connectivity index (χ2n) is 7.46. The Morgan fingerprint density at radius 1 is 0.857 bits per heavy atom. The lowest BCUT2D eigenvalue weighted by atomic mass is 9.80. The Balaban J connectivity index is 1.65. The molecule has 0 saturated heterocycles. The molecule has 3 aromatic rings. The van der Waals surface area contributed by atoms with Gasteiger partial charge in [0.05, 0.1) is 0 Å². The van der Waals surface area contributed by atoms with Crippen LogP contribution < -0.4 is 14.2 Å². The van der Waals surface area contributed by atoms with Gasteiger partial charge in [-0.3, -0.25) is 0 Å². The lowest BCUT2D eigenvalue weighted by Crippen LogP contribution is -2.21. The van der Waals surface area contributed by atoms with Gasteiger partial charge in [0.1, 0.15) is 11.9 Å². The maximum Gasteiger partial charge on any atom is 0.231 e. The molecule has 0 saturated carbocycles. The van der Waals surface area contributed by atoms with E-state index in [4.69, 9.17) is 25.8 Å². The van der Waals surface area contributed by atoms with Crippen molar-refractivity contribution in [3.8, 4) is 17.2 Å². The fourth-order valence-electron chi connectivity index (χ4n) is 4.30. The summed E-state index contributed by atoms with van der Waals surface area (Å²) < 4.78 is 17.6. The molecule has 4 heteroatoms. The molecule has 28 heavy (non-hydrogen) atoms. The molecular formula is C24H21ClO3. The van der Waals surface area contributed by atoms with Crippen LogP contribution >= 0.6 is 11.6 Å². The van der Waals surface area contributed by atoms with Crippen molar-refractivity contribution in [1.82, 2.24) is 0 Å². The maximum atomic E-state index is 6.61. The molecule has 0 aromatic heterocycles. The van der Waals surface area contributed by atoms with E-state index in [1.807, 2.05) is 19.1 Å². The molecule has 0 aliphatic carbocycles. The zero-order valence-corrected chi connectivity index (χ0v) is 16.6. The third-order valence-corrected chi connectivity index (χ3v) is 6.31. The molecule has 2 heterocycles. The average Bonchev–Trinajstić information content (AvgIpc) is 3.19. The molecule has 2 aliphatic heterocycles. The minimum Gasteiger partial charge on any atom is -0.485 e. The lowest BCUT2D eigenvalue weighted by Gasteiger charge is -2.35. The summed E-state index contributed by atoms with van der Waals surface area (Å²) in [6.07, 6.45) is 0.834. The standard InChI is InChI=1S/C24H21ClO3/c1-14-10-22-23(15(2)24(14)25)18(12-20(28-22)16-6-4-3-5-7-16)17-8-9-19-21(11-17)27-13-26-19/h3-11,18,20H,12-13H2,1-2H3. The molecule has 5 rings (SSSR count). The van der Waals surface area contributed by atoms with Gasteiger partial charge in [-0.05, 0) is 60.7 Å². The Morgan fingerprint density at radius 3 is 2.46 bits per heavy atom. The maximum absolute atomic E-state index is 6.61. The number of halogens is 1. The van der Waals surface area contributed by atoms with Gasteiger partial charge in [0.15, 0.2) is 11.5 Å². The molecule has 2 aliphatic rings. The van der Waals surface area contributed by atoms with Crippen LogP contribution in [0.1, 0.15) is 46.3 Å². The summed E-state index contributed by atoms with van der Waals surface area (Å²) >= 11 is 6.61. The van der Waals surface area contributed by atoms with Crippen molar-refractivity contribution in [3.63, 3.8) is 0 Å². The van der Waals surface area contributed by atoms with Crippen molar-refractivity contribution in [1.29, 1.82) is 0 Å². The van der Waals surface area contributed by atoms with Crippen LogP contribution in [-0.2, 0) is 0 Å². The van der Waals surface area contributed by atoms with Crippen LogP contribution in [0.5, 0.6) is 17.2 Å². The minimum atomic E-state index is -0.0101. The first-order chi connectivity index (χ1) is 13.6. The topological polar surface area (TPSA) is 27.7 Å². The van der Waals surface area contributed by atoms with Crippen LogP contribution in [-0.4, -0.2) is 6.79 Å². The van der Waals surface area contributed by atoms with Crippen LogP contribution in [0.25, 0.3) is 0 Å². The molecule has 2 unspecified atom stereocenters. The fraction of sp³-hybridized carbons (Fsp3) is 0.250. The molecule has 2 atom stereocenters. The highest BCUT2D eigenvalue weighted by Gasteiger charge is 2.33. The Bertz CT molecular complexity index is 1050. The van der Waals surface area contributed by atoms with Gasteiger partial charge < -0.3 is 14.2 Å².